The van der Waals surface area contributed by atoms with Crippen LogP contribution in [0.25, 0.3) is 28.1 Å². The summed E-state index contributed by atoms with van der Waals surface area (Å²) in [5.41, 5.74) is 9.17. The van der Waals surface area contributed by atoms with Crippen LogP contribution in [0, 0.1) is 6.92 Å². The smallest absolute Gasteiger partial charge is 0.341 e. The third-order valence-corrected chi connectivity index (χ3v) is 7.83. The summed E-state index contributed by atoms with van der Waals surface area (Å²) < 4.78 is 9.63. The van der Waals surface area contributed by atoms with Gasteiger partial charge in [0.1, 0.15) is 5.75 Å². The largest absolute Gasteiger partial charge is 0.482 e. The molecule has 5 nitrogen and oxygen atoms in total. The zero-order chi connectivity index (χ0) is 28.1. The van der Waals surface area contributed by atoms with Gasteiger partial charge in [-0.1, -0.05) is 54.6 Å². The number of ether oxygens (including phenoxy) is 1. The normalized spacial score (nSPS) is 10.9. The number of carbonyl (C=O) groups is 1. The van der Waals surface area contributed by atoms with E-state index in [0.717, 1.165) is 16.2 Å². The van der Waals surface area contributed by atoms with Crippen LogP contribution in [0.2, 0.25) is 0 Å². The van der Waals surface area contributed by atoms with Crippen molar-refractivity contribution in [3.63, 3.8) is 0 Å². The van der Waals surface area contributed by atoms with E-state index in [9.17, 15) is 4.79 Å². The van der Waals surface area contributed by atoms with Gasteiger partial charge >= 0.3 is 5.97 Å². The quantitative estimate of drug-likeness (QED) is 0.182. The highest BCUT2D eigenvalue weighted by atomic mass is 32.2. The van der Waals surface area contributed by atoms with Crippen molar-refractivity contribution in [3.8, 4) is 28.3 Å². The molecule has 0 aliphatic rings. The van der Waals surface area contributed by atoms with Gasteiger partial charge in [0.2, 0.25) is 0 Å². The van der Waals surface area contributed by atoms with Gasteiger partial charge in [-0.15, -0.1) is 11.8 Å². The minimum Gasteiger partial charge on any atom is -0.482 e. The van der Waals surface area contributed by atoms with Gasteiger partial charge in [0.05, 0.1) is 0 Å². The first-order valence-electron chi connectivity index (χ1n) is 13.1. The summed E-state index contributed by atoms with van der Waals surface area (Å²) in [6.45, 7) is 1.59. The maximum Gasteiger partial charge on any atom is 0.341 e. The van der Waals surface area contributed by atoms with E-state index in [4.69, 9.17) is 9.84 Å². The van der Waals surface area contributed by atoms with Crippen LogP contribution in [0.4, 0.5) is 0 Å². The molecule has 0 atom stereocenters. The SMILES string of the molecule is Cc1cc(SCC=C(c2ccc(-c3cccn3C)cc2)c2ccc(-c3cccn3C)cc2)ccc1OCC(=O)O. The number of carboxylic acids is 1. The van der Waals surface area contributed by atoms with Crippen LogP contribution in [0.3, 0.4) is 0 Å². The summed E-state index contributed by atoms with van der Waals surface area (Å²) in [7, 11) is 4.12. The standard InChI is InChI=1S/C34H32N2O3S/c1-24-22-29(16-17-33(24)39-23-34(37)38)40-21-18-30(25-8-12-27(13-9-25)31-6-4-19-35(31)2)26-10-14-28(15-11-26)32-7-5-20-36(32)3/h4-20,22H,21,23H2,1-3H3,(H,37,38). The van der Waals surface area contributed by atoms with Crippen molar-refractivity contribution in [2.75, 3.05) is 12.4 Å². The molecule has 0 spiro atoms. The Morgan fingerprint density at radius 3 is 1.82 bits per heavy atom. The minimum absolute atomic E-state index is 0.342. The summed E-state index contributed by atoms with van der Waals surface area (Å²) in [6, 6.07) is 31.8. The fourth-order valence-electron chi connectivity index (χ4n) is 4.80. The lowest BCUT2D eigenvalue weighted by Crippen LogP contribution is -2.09. The fourth-order valence-corrected chi connectivity index (χ4v) is 5.67. The number of aromatic nitrogens is 2. The molecule has 2 aromatic heterocycles. The van der Waals surface area contributed by atoms with Crippen LogP contribution in [0.15, 0.2) is 114 Å². The zero-order valence-electron chi connectivity index (χ0n) is 22.9. The van der Waals surface area contributed by atoms with E-state index in [1.54, 1.807) is 11.8 Å². The predicted molar refractivity (Wildman–Crippen MR) is 164 cm³/mol. The Kier molecular flexibility index (Phi) is 8.27. The Labute approximate surface area is 239 Å². The maximum absolute atomic E-state index is 10.8. The zero-order valence-corrected chi connectivity index (χ0v) is 23.7. The van der Waals surface area contributed by atoms with Crippen molar-refractivity contribution < 1.29 is 14.6 Å². The van der Waals surface area contributed by atoms with Gasteiger partial charge in [0.25, 0.3) is 0 Å². The molecule has 0 aliphatic heterocycles. The molecule has 0 radical (unpaired) electrons. The first-order valence-corrected chi connectivity index (χ1v) is 14.1. The van der Waals surface area contributed by atoms with Gasteiger partial charge in [0, 0.05) is 48.5 Å². The van der Waals surface area contributed by atoms with Crippen molar-refractivity contribution in [3.05, 3.63) is 126 Å². The van der Waals surface area contributed by atoms with Gasteiger partial charge in [-0.25, -0.2) is 4.79 Å². The van der Waals surface area contributed by atoms with Crippen molar-refractivity contribution in [1.82, 2.24) is 9.13 Å². The van der Waals surface area contributed by atoms with Crippen LogP contribution in [-0.2, 0) is 18.9 Å². The van der Waals surface area contributed by atoms with Gasteiger partial charge in [-0.2, -0.15) is 0 Å². The summed E-state index contributed by atoms with van der Waals surface area (Å²) in [4.78, 5) is 11.9. The first kappa shape index (κ1) is 27.2. The van der Waals surface area contributed by atoms with Crippen molar-refractivity contribution in [1.29, 1.82) is 0 Å². The van der Waals surface area contributed by atoms with Crippen LogP contribution in [0.1, 0.15) is 16.7 Å². The molecule has 1 N–H and O–H groups in total. The Hall–Kier alpha value is -4.42. The predicted octanol–water partition coefficient (Wildman–Crippen LogP) is 7.69. The molecule has 2 heterocycles. The van der Waals surface area contributed by atoms with E-state index < -0.39 is 5.97 Å². The van der Waals surface area contributed by atoms with Gasteiger partial charge in [0.15, 0.2) is 6.61 Å². The number of aryl methyl sites for hydroxylation is 3. The molecule has 0 unspecified atom stereocenters. The summed E-state index contributed by atoms with van der Waals surface area (Å²) in [5, 5.41) is 8.89. The average molecular weight is 549 g/mol. The highest BCUT2D eigenvalue weighted by molar-refractivity contribution is 7.99. The van der Waals surface area contributed by atoms with E-state index in [0.29, 0.717) is 5.75 Å². The highest BCUT2D eigenvalue weighted by Crippen LogP contribution is 2.31. The number of aliphatic carboxylic acids is 1. The molecule has 0 fully saturated rings. The molecule has 6 heteroatoms. The van der Waals surface area contributed by atoms with Gasteiger partial charge < -0.3 is 19.0 Å². The summed E-state index contributed by atoms with van der Waals surface area (Å²) >= 11 is 1.74. The molecule has 0 saturated carbocycles. The molecule has 40 heavy (non-hydrogen) atoms. The number of nitrogens with zero attached hydrogens (tertiary/aromatic N) is 2. The third-order valence-electron chi connectivity index (χ3n) is 6.91. The van der Waals surface area contributed by atoms with Crippen molar-refractivity contribution in [2.24, 2.45) is 14.1 Å². The Morgan fingerprint density at radius 2 is 1.38 bits per heavy atom. The topological polar surface area (TPSA) is 56.4 Å². The van der Waals surface area contributed by atoms with Crippen LogP contribution < -0.4 is 4.74 Å². The number of carboxylic acid groups (broad SMARTS) is 1. The molecule has 3 aromatic carbocycles. The van der Waals surface area contributed by atoms with Crippen molar-refractivity contribution >= 4 is 23.3 Å². The van der Waals surface area contributed by atoms with Gasteiger partial charge in [-0.05, 0) is 82.8 Å². The average Bonchev–Trinajstić information content (AvgIpc) is 3.58. The Bertz CT molecular complexity index is 1560. The lowest BCUT2D eigenvalue weighted by molar-refractivity contribution is -0.139. The lowest BCUT2D eigenvalue weighted by atomic mass is 9.95. The monoisotopic (exact) mass is 548 g/mol. The van der Waals surface area contributed by atoms with E-state index in [1.165, 1.54) is 39.2 Å². The molecule has 0 aliphatic carbocycles. The van der Waals surface area contributed by atoms with Gasteiger partial charge in [-0.3, -0.25) is 0 Å². The third kappa shape index (κ3) is 6.24. The molecule has 202 valence electrons. The number of hydrogen-bond acceptors (Lipinski definition) is 3. The number of hydrogen-bond donors (Lipinski definition) is 1. The van der Waals surface area contributed by atoms with E-state index >= 15 is 0 Å². The molecule has 5 aromatic rings. The molecule has 0 amide bonds. The van der Waals surface area contributed by atoms with E-state index in [1.807, 2.05) is 25.1 Å². The second-order valence-corrected chi connectivity index (χ2v) is 10.8. The van der Waals surface area contributed by atoms with Crippen LogP contribution in [-0.4, -0.2) is 32.6 Å². The molecule has 0 bridgehead atoms. The highest BCUT2D eigenvalue weighted by Gasteiger charge is 2.10. The maximum atomic E-state index is 10.8. The van der Waals surface area contributed by atoms with E-state index in [-0.39, 0.29) is 6.61 Å². The molecule has 0 saturated heterocycles. The second kappa shape index (κ2) is 12.2. The number of rotatable bonds is 10. The van der Waals surface area contributed by atoms with Crippen LogP contribution in [0.5, 0.6) is 5.75 Å². The van der Waals surface area contributed by atoms with E-state index in [2.05, 4.69) is 114 Å². The fraction of sp³-hybridized carbons (Fsp3) is 0.147. The summed E-state index contributed by atoms with van der Waals surface area (Å²) in [5.74, 6) is 0.395. The Morgan fingerprint density at radius 1 is 0.825 bits per heavy atom. The second-order valence-electron chi connectivity index (χ2n) is 9.70. The minimum atomic E-state index is -0.983. The number of thioether (sulfide) groups is 1. The first-order chi connectivity index (χ1) is 19.4. The number of benzene rings is 3. The summed E-state index contributed by atoms with van der Waals surface area (Å²) in [6.07, 6.45) is 6.41. The molecular weight excluding hydrogens is 516 g/mol. The molecular formula is C34H32N2O3S. The molecule has 5 rings (SSSR count). The Balaban J connectivity index is 1.40. The van der Waals surface area contributed by atoms with Crippen LogP contribution >= 0.6 is 11.8 Å². The lowest BCUT2D eigenvalue weighted by Gasteiger charge is -2.12. The van der Waals surface area contributed by atoms with Crippen molar-refractivity contribution in [2.45, 2.75) is 11.8 Å².